The van der Waals surface area contributed by atoms with Gasteiger partial charge in [-0.3, -0.25) is 4.79 Å². The highest BCUT2D eigenvalue weighted by atomic mass is 16.4. The Balaban J connectivity index is 1.70. The maximum Gasteiger partial charge on any atom is 0.332 e. The number of likely N-dealkylation sites (tertiary alicyclic amines) is 1. The first-order valence-corrected chi connectivity index (χ1v) is 8.46. The summed E-state index contributed by atoms with van der Waals surface area (Å²) in [6.07, 6.45) is 8.00. The van der Waals surface area contributed by atoms with E-state index in [9.17, 15) is 14.7 Å². The van der Waals surface area contributed by atoms with Crippen molar-refractivity contribution in [3.8, 4) is 0 Å². The Morgan fingerprint density at radius 3 is 2.46 bits per heavy atom. The highest BCUT2D eigenvalue weighted by molar-refractivity contribution is 5.98. The molecule has 1 heterocycles. The molecule has 2 unspecified atom stereocenters. The van der Waals surface area contributed by atoms with Crippen molar-refractivity contribution in [2.75, 3.05) is 13.1 Å². The van der Waals surface area contributed by atoms with Crippen molar-refractivity contribution in [1.29, 1.82) is 0 Å². The normalized spacial score (nSPS) is 23.2. The zero-order valence-corrected chi connectivity index (χ0v) is 13.9. The van der Waals surface area contributed by atoms with E-state index in [4.69, 9.17) is 0 Å². The molecule has 3 rings (SSSR count). The summed E-state index contributed by atoms with van der Waals surface area (Å²) in [6.45, 7) is 3.47. The van der Waals surface area contributed by atoms with Crippen molar-refractivity contribution in [2.45, 2.75) is 26.2 Å². The molecular weight excluding hydrogens is 302 g/mol. The Hall–Kier alpha value is -2.36. The summed E-state index contributed by atoms with van der Waals surface area (Å²) in [4.78, 5) is 25.9. The minimum Gasteiger partial charge on any atom is -0.478 e. The van der Waals surface area contributed by atoms with Crippen LogP contribution in [-0.2, 0) is 9.59 Å². The average Bonchev–Trinajstić information content (AvgIpc) is 2.98. The summed E-state index contributed by atoms with van der Waals surface area (Å²) in [5.74, 6) is -0.0326. The number of allylic oxidation sites excluding steroid dienone is 2. The number of carboxylic acids is 1. The third kappa shape index (κ3) is 3.75. The van der Waals surface area contributed by atoms with Gasteiger partial charge in [-0.05, 0) is 43.2 Å². The van der Waals surface area contributed by atoms with Crippen LogP contribution in [0.4, 0.5) is 0 Å². The number of carboxylic acid groups (broad SMARTS) is 1. The number of benzene rings is 1. The van der Waals surface area contributed by atoms with Gasteiger partial charge in [0.05, 0.1) is 6.42 Å². The Bertz CT molecular complexity index is 689. The second-order valence-electron chi connectivity index (χ2n) is 6.83. The first-order valence-electron chi connectivity index (χ1n) is 8.46. The highest BCUT2D eigenvalue weighted by Crippen LogP contribution is 2.33. The molecular formula is C20H23NO3. The molecule has 2 atom stereocenters. The number of aliphatic carboxylic acids is 1. The number of aryl methyl sites for hydroxylation is 1. The molecule has 1 aromatic carbocycles. The number of rotatable bonds is 4. The van der Waals surface area contributed by atoms with E-state index in [2.05, 4.69) is 12.2 Å². The van der Waals surface area contributed by atoms with Gasteiger partial charge >= 0.3 is 5.97 Å². The quantitative estimate of drug-likeness (QED) is 0.683. The topological polar surface area (TPSA) is 57.6 Å². The van der Waals surface area contributed by atoms with Crippen molar-refractivity contribution in [2.24, 2.45) is 11.8 Å². The lowest BCUT2D eigenvalue weighted by Gasteiger charge is -2.17. The minimum atomic E-state index is -1.02. The summed E-state index contributed by atoms with van der Waals surface area (Å²) >= 11 is 0. The molecule has 24 heavy (non-hydrogen) atoms. The molecule has 0 aromatic heterocycles. The third-order valence-electron chi connectivity index (χ3n) is 4.97. The van der Waals surface area contributed by atoms with E-state index in [0.717, 1.165) is 37.1 Å². The summed E-state index contributed by atoms with van der Waals surface area (Å²) in [5, 5.41) is 9.45. The standard InChI is InChI=1S/C20H23NO3/c1-14-5-4-6-15(9-14)10-18(20(23)24)11-19(22)21-12-16-7-2-3-8-17(16)13-21/h2-6,9-10,16-17H,7-8,11-13H2,1H3,(H,23,24)/b18-10+. The summed E-state index contributed by atoms with van der Waals surface area (Å²) in [5.41, 5.74) is 2.04. The van der Waals surface area contributed by atoms with Crippen LogP contribution in [0.25, 0.3) is 6.08 Å². The van der Waals surface area contributed by atoms with Gasteiger partial charge in [0.25, 0.3) is 0 Å². The monoisotopic (exact) mass is 325 g/mol. The van der Waals surface area contributed by atoms with E-state index in [1.54, 1.807) is 6.08 Å². The van der Waals surface area contributed by atoms with Crippen molar-refractivity contribution < 1.29 is 14.7 Å². The predicted octanol–water partition coefficient (Wildman–Crippen LogP) is 3.28. The van der Waals surface area contributed by atoms with Gasteiger partial charge in [-0.1, -0.05) is 42.0 Å². The van der Waals surface area contributed by atoms with E-state index in [-0.39, 0.29) is 17.9 Å². The molecule has 0 radical (unpaired) electrons. The van der Waals surface area contributed by atoms with Gasteiger partial charge in [-0.15, -0.1) is 0 Å². The van der Waals surface area contributed by atoms with Gasteiger partial charge in [-0.25, -0.2) is 4.79 Å². The summed E-state index contributed by atoms with van der Waals surface area (Å²) in [7, 11) is 0. The zero-order valence-electron chi connectivity index (χ0n) is 13.9. The molecule has 0 bridgehead atoms. The Morgan fingerprint density at radius 1 is 1.21 bits per heavy atom. The van der Waals surface area contributed by atoms with Crippen LogP contribution >= 0.6 is 0 Å². The van der Waals surface area contributed by atoms with Gasteiger partial charge in [-0.2, -0.15) is 0 Å². The molecule has 126 valence electrons. The van der Waals surface area contributed by atoms with Gasteiger partial charge in [0, 0.05) is 18.7 Å². The molecule has 4 heteroatoms. The van der Waals surface area contributed by atoms with E-state index in [0.29, 0.717) is 11.8 Å². The molecule has 1 amide bonds. The van der Waals surface area contributed by atoms with Crippen LogP contribution in [0.3, 0.4) is 0 Å². The number of carbonyl (C=O) groups excluding carboxylic acids is 1. The van der Waals surface area contributed by atoms with Crippen LogP contribution in [0.5, 0.6) is 0 Å². The van der Waals surface area contributed by atoms with E-state index in [1.165, 1.54) is 0 Å². The van der Waals surface area contributed by atoms with Crippen molar-refractivity contribution in [3.05, 3.63) is 53.1 Å². The lowest BCUT2D eigenvalue weighted by atomic mass is 9.86. The number of carbonyl (C=O) groups is 2. The van der Waals surface area contributed by atoms with Crippen LogP contribution < -0.4 is 0 Å². The SMILES string of the molecule is Cc1cccc(/C=C(\CC(=O)N2CC3CC=CCC3C2)C(=O)O)c1. The zero-order chi connectivity index (χ0) is 17.1. The van der Waals surface area contributed by atoms with Crippen molar-refractivity contribution >= 4 is 18.0 Å². The number of nitrogens with zero attached hydrogens (tertiary/aromatic N) is 1. The lowest BCUT2D eigenvalue weighted by Crippen LogP contribution is -2.29. The molecule has 0 saturated carbocycles. The maximum absolute atomic E-state index is 12.6. The summed E-state index contributed by atoms with van der Waals surface area (Å²) < 4.78 is 0. The first-order chi connectivity index (χ1) is 11.5. The summed E-state index contributed by atoms with van der Waals surface area (Å²) in [6, 6.07) is 7.63. The van der Waals surface area contributed by atoms with Gasteiger partial charge < -0.3 is 10.0 Å². The Morgan fingerprint density at radius 2 is 1.88 bits per heavy atom. The van der Waals surface area contributed by atoms with Gasteiger partial charge in [0.2, 0.25) is 5.91 Å². The van der Waals surface area contributed by atoms with E-state index >= 15 is 0 Å². The fraction of sp³-hybridized carbons (Fsp3) is 0.400. The van der Waals surface area contributed by atoms with Gasteiger partial charge in [0.15, 0.2) is 0 Å². The molecule has 0 spiro atoms. The largest absolute Gasteiger partial charge is 0.478 e. The van der Waals surface area contributed by atoms with Crippen LogP contribution in [-0.4, -0.2) is 35.0 Å². The minimum absolute atomic E-state index is 0.0455. The second-order valence-corrected chi connectivity index (χ2v) is 6.83. The number of hydrogen-bond acceptors (Lipinski definition) is 2. The molecule has 1 aromatic rings. The maximum atomic E-state index is 12.6. The van der Waals surface area contributed by atoms with E-state index in [1.807, 2.05) is 36.1 Å². The second kappa shape index (κ2) is 7.04. The molecule has 1 aliphatic heterocycles. The van der Waals surface area contributed by atoms with Crippen molar-refractivity contribution in [3.63, 3.8) is 0 Å². The number of amides is 1. The highest BCUT2D eigenvalue weighted by Gasteiger charge is 2.35. The van der Waals surface area contributed by atoms with Crippen LogP contribution in [0.2, 0.25) is 0 Å². The van der Waals surface area contributed by atoms with Gasteiger partial charge in [0.1, 0.15) is 0 Å². The molecule has 4 nitrogen and oxygen atoms in total. The van der Waals surface area contributed by atoms with Crippen LogP contribution in [0.1, 0.15) is 30.4 Å². The first kappa shape index (κ1) is 16.5. The molecule has 1 saturated heterocycles. The fourth-order valence-electron chi connectivity index (χ4n) is 3.64. The molecule has 1 fully saturated rings. The van der Waals surface area contributed by atoms with Crippen LogP contribution in [0.15, 0.2) is 42.0 Å². The van der Waals surface area contributed by atoms with Crippen molar-refractivity contribution in [1.82, 2.24) is 4.90 Å². The average molecular weight is 325 g/mol. The smallest absolute Gasteiger partial charge is 0.332 e. The lowest BCUT2D eigenvalue weighted by molar-refractivity contribution is -0.136. The Labute approximate surface area is 142 Å². The molecule has 1 aliphatic carbocycles. The van der Waals surface area contributed by atoms with Crippen LogP contribution in [0, 0.1) is 18.8 Å². The molecule has 1 N–H and O–H groups in total. The fourth-order valence-corrected chi connectivity index (χ4v) is 3.64. The number of fused-ring (bicyclic) bond motifs is 1. The van der Waals surface area contributed by atoms with E-state index < -0.39 is 5.97 Å². The Kier molecular flexibility index (Phi) is 4.84. The molecule has 2 aliphatic rings. The number of hydrogen-bond donors (Lipinski definition) is 1. The third-order valence-corrected chi connectivity index (χ3v) is 4.97. The predicted molar refractivity (Wildman–Crippen MR) is 93.3 cm³/mol.